The Bertz CT molecular complexity index is 1430. The van der Waals surface area contributed by atoms with Gasteiger partial charge in [0.15, 0.2) is 0 Å². The Morgan fingerprint density at radius 2 is 1.63 bits per heavy atom. The van der Waals surface area contributed by atoms with Gasteiger partial charge in [-0.15, -0.1) is 0 Å². The van der Waals surface area contributed by atoms with Crippen LogP contribution in [0.4, 0.5) is 13.2 Å². The van der Waals surface area contributed by atoms with Crippen LogP contribution in [0.25, 0.3) is 5.57 Å². The monoisotopic (exact) mass is 639 g/mol. The lowest BCUT2D eigenvalue weighted by molar-refractivity contribution is -0.142. The number of esters is 1. The molecule has 6 rings (SSSR count). The summed E-state index contributed by atoms with van der Waals surface area (Å²) in [7, 11) is 1.43. The van der Waals surface area contributed by atoms with Gasteiger partial charge in [0.25, 0.3) is 0 Å². The van der Waals surface area contributed by atoms with Crippen LogP contribution in [0, 0.1) is 17.0 Å². The van der Waals surface area contributed by atoms with Gasteiger partial charge in [0.05, 0.1) is 19.7 Å². The molecule has 2 fully saturated rings. The van der Waals surface area contributed by atoms with E-state index in [4.69, 9.17) is 9.47 Å². The molecule has 1 aliphatic carbocycles. The number of likely N-dealkylation sites (tertiary alicyclic amines) is 2. The number of ether oxygens (including phenoxy) is 2. The third kappa shape index (κ3) is 7.02. The molecule has 2 atom stereocenters. The van der Waals surface area contributed by atoms with E-state index in [2.05, 4.69) is 21.9 Å². The minimum atomic E-state index is -1.53. The van der Waals surface area contributed by atoms with Gasteiger partial charge >= 0.3 is 5.97 Å². The van der Waals surface area contributed by atoms with E-state index in [0.717, 1.165) is 80.6 Å². The topological polar surface area (TPSA) is 45.3 Å². The van der Waals surface area contributed by atoms with Gasteiger partial charge in [-0.3, -0.25) is 19.5 Å². The summed E-state index contributed by atoms with van der Waals surface area (Å²) in [6.45, 7) is 10.3. The Labute approximate surface area is 271 Å². The number of benzene rings is 2. The SMILES string of the molecule is COC(=O)CN1CCC2(CCN(CCOc3cc(F)c([C@@H]4C5=C(C[C@@H](C)N4CC(C)(C)F)c4ccccc4C5)c(F)c3)CC2)CC1. The predicted molar refractivity (Wildman–Crippen MR) is 173 cm³/mol. The summed E-state index contributed by atoms with van der Waals surface area (Å²) in [5.41, 5.74) is 3.16. The Balaban J connectivity index is 1.10. The Kier molecular flexibility index (Phi) is 9.57. The van der Waals surface area contributed by atoms with Crippen LogP contribution in [0.5, 0.6) is 5.75 Å². The summed E-state index contributed by atoms with van der Waals surface area (Å²) >= 11 is 0. The molecule has 2 aromatic carbocycles. The van der Waals surface area contributed by atoms with Crippen molar-refractivity contribution in [1.82, 2.24) is 14.7 Å². The second-order valence-corrected chi connectivity index (χ2v) is 14.5. The number of halogens is 3. The van der Waals surface area contributed by atoms with Crippen molar-refractivity contribution in [2.24, 2.45) is 5.41 Å². The third-order valence-electron chi connectivity index (χ3n) is 10.8. The predicted octanol–water partition coefficient (Wildman–Crippen LogP) is 6.59. The van der Waals surface area contributed by atoms with Crippen LogP contribution < -0.4 is 4.74 Å². The molecule has 9 heteroatoms. The number of carbonyl (C=O) groups is 1. The molecule has 0 saturated carbocycles. The molecule has 0 radical (unpaired) electrons. The first kappa shape index (κ1) is 33.0. The van der Waals surface area contributed by atoms with Gasteiger partial charge in [0.2, 0.25) is 0 Å². The molecular weight excluding hydrogens is 591 g/mol. The molecule has 0 amide bonds. The fourth-order valence-corrected chi connectivity index (χ4v) is 8.23. The zero-order chi connectivity index (χ0) is 32.6. The largest absolute Gasteiger partial charge is 0.492 e. The third-order valence-corrected chi connectivity index (χ3v) is 10.8. The van der Waals surface area contributed by atoms with Gasteiger partial charge in [-0.05, 0) is 113 Å². The molecule has 2 aromatic rings. The van der Waals surface area contributed by atoms with Crippen LogP contribution in [0.2, 0.25) is 0 Å². The molecule has 250 valence electrons. The Hall–Kier alpha value is -2.88. The molecule has 3 heterocycles. The summed E-state index contributed by atoms with van der Waals surface area (Å²) in [4.78, 5) is 18.1. The highest BCUT2D eigenvalue weighted by Crippen LogP contribution is 2.50. The number of alkyl halides is 1. The Morgan fingerprint density at radius 1 is 1.00 bits per heavy atom. The zero-order valence-corrected chi connectivity index (χ0v) is 27.7. The molecule has 46 heavy (non-hydrogen) atoms. The van der Waals surface area contributed by atoms with E-state index >= 15 is 13.2 Å². The van der Waals surface area contributed by atoms with Crippen molar-refractivity contribution in [2.45, 2.75) is 77.0 Å². The van der Waals surface area contributed by atoms with Crippen molar-refractivity contribution in [3.05, 3.63) is 70.3 Å². The standard InChI is InChI=1S/C37H48F3N3O3/c1-25-19-29-28-8-6-5-7-26(28)20-30(29)35(43(25)24-36(2,3)40)34-31(38)21-27(22-32(34)39)46-18-17-41-13-9-37(10-14-41)11-15-42(16-12-37)23-33(44)45-4/h5-8,21-22,25,35H,9-20,23-24H2,1-4H3/t25-,35+/m1/s1. The van der Waals surface area contributed by atoms with E-state index in [0.29, 0.717) is 31.5 Å². The number of hydrogen-bond donors (Lipinski definition) is 0. The summed E-state index contributed by atoms with van der Waals surface area (Å²) < 4.78 is 57.8. The van der Waals surface area contributed by atoms with Gasteiger partial charge < -0.3 is 9.47 Å². The maximum absolute atomic E-state index is 16.0. The summed E-state index contributed by atoms with van der Waals surface area (Å²) in [6, 6.07) is 9.96. The van der Waals surface area contributed by atoms with Crippen LogP contribution in [0.3, 0.4) is 0 Å². The normalized spacial score (nSPS) is 23.8. The fourth-order valence-electron chi connectivity index (χ4n) is 8.23. The van der Waals surface area contributed by atoms with Gasteiger partial charge in [0.1, 0.15) is 29.7 Å². The average Bonchev–Trinajstić information content (AvgIpc) is 3.38. The molecule has 0 bridgehead atoms. The van der Waals surface area contributed by atoms with Crippen molar-refractivity contribution in [1.29, 1.82) is 0 Å². The zero-order valence-electron chi connectivity index (χ0n) is 27.7. The molecule has 3 aliphatic heterocycles. The Morgan fingerprint density at radius 3 is 2.26 bits per heavy atom. The minimum Gasteiger partial charge on any atom is -0.492 e. The van der Waals surface area contributed by atoms with E-state index in [9.17, 15) is 4.79 Å². The number of rotatable bonds is 9. The van der Waals surface area contributed by atoms with Crippen molar-refractivity contribution >= 4 is 11.5 Å². The van der Waals surface area contributed by atoms with Gasteiger partial charge in [0, 0.05) is 36.8 Å². The van der Waals surface area contributed by atoms with Crippen molar-refractivity contribution in [3.63, 3.8) is 0 Å². The highest BCUT2D eigenvalue weighted by Gasteiger charge is 2.43. The number of piperidine rings is 2. The van der Waals surface area contributed by atoms with Crippen LogP contribution in [-0.2, 0) is 16.0 Å². The number of methoxy groups -OCH3 is 1. The number of fused-ring (bicyclic) bond motifs is 2. The number of nitrogens with zero attached hydrogens (tertiary/aromatic N) is 3. The highest BCUT2D eigenvalue weighted by atomic mass is 19.1. The van der Waals surface area contributed by atoms with Crippen molar-refractivity contribution in [2.75, 3.05) is 59.5 Å². The molecular formula is C37H48F3N3O3. The second kappa shape index (κ2) is 13.3. The second-order valence-electron chi connectivity index (χ2n) is 14.5. The van der Waals surface area contributed by atoms with Crippen LogP contribution in [-0.4, -0.2) is 91.9 Å². The highest BCUT2D eigenvalue weighted by molar-refractivity contribution is 5.79. The van der Waals surface area contributed by atoms with E-state index < -0.39 is 23.3 Å². The van der Waals surface area contributed by atoms with Crippen LogP contribution >= 0.6 is 0 Å². The summed E-state index contributed by atoms with van der Waals surface area (Å²) in [6.07, 6.45) is 5.70. The molecule has 4 aliphatic rings. The van der Waals surface area contributed by atoms with Crippen LogP contribution in [0.1, 0.15) is 75.6 Å². The van der Waals surface area contributed by atoms with E-state index in [-0.39, 0.29) is 29.9 Å². The number of carbonyl (C=O) groups excluding carboxylic acids is 1. The first-order valence-corrected chi connectivity index (χ1v) is 16.8. The van der Waals surface area contributed by atoms with E-state index in [1.165, 1.54) is 33.1 Å². The van der Waals surface area contributed by atoms with Gasteiger partial charge in [-0.1, -0.05) is 24.3 Å². The molecule has 2 saturated heterocycles. The smallest absolute Gasteiger partial charge is 0.319 e. The lowest BCUT2D eigenvalue weighted by atomic mass is 9.71. The first-order valence-electron chi connectivity index (χ1n) is 16.8. The maximum Gasteiger partial charge on any atom is 0.319 e. The average molecular weight is 640 g/mol. The van der Waals surface area contributed by atoms with E-state index in [1.54, 1.807) is 0 Å². The van der Waals surface area contributed by atoms with Gasteiger partial charge in [-0.25, -0.2) is 13.2 Å². The van der Waals surface area contributed by atoms with Gasteiger partial charge in [-0.2, -0.15) is 0 Å². The molecule has 0 aromatic heterocycles. The maximum atomic E-state index is 16.0. The summed E-state index contributed by atoms with van der Waals surface area (Å²) in [5, 5.41) is 0. The van der Waals surface area contributed by atoms with Crippen molar-refractivity contribution in [3.8, 4) is 5.75 Å². The molecule has 0 unspecified atom stereocenters. The molecule has 6 nitrogen and oxygen atoms in total. The van der Waals surface area contributed by atoms with Crippen LogP contribution in [0.15, 0.2) is 42.0 Å². The molecule has 1 spiro atoms. The minimum absolute atomic E-state index is 0.0255. The quantitative estimate of drug-likeness (QED) is 0.289. The lowest BCUT2D eigenvalue weighted by Crippen LogP contribution is -2.48. The molecule has 0 N–H and O–H groups in total. The lowest BCUT2D eigenvalue weighted by Gasteiger charge is -2.46. The first-order chi connectivity index (χ1) is 21.9. The summed E-state index contributed by atoms with van der Waals surface area (Å²) in [5.74, 6) is -1.32. The van der Waals surface area contributed by atoms with Crippen molar-refractivity contribution < 1.29 is 27.4 Å². The number of hydrogen-bond acceptors (Lipinski definition) is 6. The fraction of sp³-hybridized carbons (Fsp3) is 0.595. The van der Waals surface area contributed by atoms with E-state index in [1.807, 2.05) is 24.0 Å².